The highest BCUT2D eigenvalue weighted by molar-refractivity contribution is 5.94. The fourth-order valence-electron chi connectivity index (χ4n) is 1.96. The molecule has 1 fully saturated rings. The van der Waals surface area contributed by atoms with E-state index in [1.807, 2.05) is 18.2 Å². The molecule has 0 saturated carbocycles. The summed E-state index contributed by atoms with van der Waals surface area (Å²) < 4.78 is 0. The summed E-state index contributed by atoms with van der Waals surface area (Å²) in [5, 5.41) is 9.13. The van der Waals surface area contributed by atoms with Crippen LogP contribution in [0.1, 0.15) is 16.8 Å². The molecule has 2 rings (SSSR count). The van der Waals surface area contributed by atoms with Crippen molar-refractivity contribution in [3.05, 3.63) is 35.9 Å². The number of hydrogen-bond donors (Lipinski definition) is 2. The predicted molar refractivity (Wildman–Crippen MR) is 61.0 cm³/mol. The van der Waals surface area contributed by atoms with Gasteiger partial charge in [-0.1, -0.05) is 18.2 Å². The molecule has 1 aliphatic rings. The van der Waals surface area contributed by atoms with Crippen molar-refractivity contribution < 1.29 is 9.90 Å². The molecule has 1 amide bonds. The Kier molecular flexibility index (Phi) is 2.94. The number of carbonyl (C=O) groups is 1. The molecule has 86 valence electrons. The van der Waals surface area contributed by atoms with Gasteiger partial charge in [0.15, 0.2) is 0 Å². The molecule has 0 radical (unpaired) electrons. The van der Waals surface area contributed by atoms with Gasteiger partial charge in [-0.3, -0.25) is 4.79 Å². The molecule has 1 atom stereocenters. The molecule has 4 nitrogen and oxygen atoms in total. The average molecular weight is 220 g/mol. The van der Waals surface area contributed by atoms with Gasteiger partial charge in [-0.05, 0) is 18.6 Å². The molecule has 0 aliphatic carbocycles. The molecule has 4 heteroatoms. The molecule has 1 saturated heterocycles. The van der Waals surface area contributed by atoms with E-state index < -0.39 is 5.54 Å². The number of aliphatic hydroxyl groups excluding tert-OH is 1. The summed E-state index contributed by atoms with van der Waals surface area (Å²) in [4.78, 5) is 13.7. The first kappa shape index (κ1) is 11.1. The fraction of sp³-hybridized carbons (Fsp3) is 0.417. The van der Waals surface area contributed by atoms with E-state index in [1.165, 1.54) is 0 Å². The summed E-state index contributed by atoms with van der Waals surface area (Å²) in [6.07, 6.45) is 0.655. The first-order valence-electron chi connectivity index (χ1n) is 5.39. The van der Waals surface area contributed by atoms with Crippen LogP contribution < -0.4 is 5.73 Å². The Hall–Kier alpha value is -1.39. The van der Waals surface area contributed by atoms with E-state index in [9.17, 15) is 4.79 Å². The Morgan fingerprint density at radius 1 is 1.44 bits per heavy atom. The van der Waals surface area contributed by atoms with Crippen molar-refractivity contribution >= 4 is 5.91 Å². The molecule has 1 heterocycles. The molecule has 0 aromatic heterocycles. The maximum Gasteiger partial charge on any atom is 0.253 e. The van der Waals surface area contributed by atoms with Crippen LogP contribution in [-0.2, 0) is 0 Å². The molecule has 3 N–H and O–H groups in total. The van der Waals surface area contributed by atoms with Gasteiger partial charge >= 0.3 is 0 Å². The zero-order valence-electron chi connectivity index (χ0n) is 9.10. The lowest BCUT2D eigenvalue weighted by molar-refractivity contribution is 0.0775. The van der Waals surface area contributed by atoms with Gasteiger partial charge in [0, 0.05) is 18.7 Å². The highest BCUT2D eigenvalue weighted by atomic mass is 16.3. The Bertz CT molecular complexity index is 380. The number of hydrogen-bond acceptors (Lipinski definition) is 3. The van der Waals surface area contributed by atoms with Gasteiger partial charge in [0.05, 0.1) is 12.1 Å². The molecule has 0 unspecified atom stereocenters. The van der Waals surface area contributed by atoms with Crippen LogP contribution in [0.4, 0.5) is 0 Å². The number of nitrogens with two attached hydrogens (primary N) is 1. The smallest absolute Gasteiger partial charge is 0.253 e. The highest BCUT2D eigenvalue weighted by Gasteiger charge is 2.36. The van der Waals surface area contributed by atoms with Crippen LogP contribution in [-0.4, -0.2) is 41.1 Å². The minimum absolute atomic E-state index is 0.0126. The van der Waals surface area contributed by atoms with E-state index in [2.05, 4.69) is 0 Å². The molecule has 1 aliphatic heterocycles. The second-order valence-electron chi connectivity index (χ2n) is 4.36. The average Bonchev–Trinajstić information content (AvgIpc) is 2.73. The Morgan fingerprint density at radius 3 is 2.69 bits per heavy atom. The van der Waals surface area contributed by atoms with Crippen LogP contribution >= 0.6 is 0 Å². The lowest BCUT2D eigenvalue weighted by Gasteiger charge is -2.22. The van der Waals surface area contributed by atoms with Crippen LogP contribution in [0.15, 0.2) is 30.3 Å². The molecular weight excluding hydrogens is 204 g/mol. The molecular formula is C12H16N2O2. The number of aliphatic hydroxyl groups is 1. The lowest BCUT2D eigenvalue weighted by atomic mass is 10.0. The van der Waals surface area contributed by atoms with Crippen LogP contribution in [0.5, 0.6) is 0 Å². The molecule has 16 heavy (non-hydrogen) atoms. The van der Waals surface area contributed by atoms with Gasteiger partial charge < -0.3 is 15.7 Å². The molecule has 1 aromatic carbocycles. The van der Waals surface area contributed by atoms with Gasteiger partial charge in [0.25, 0.3) is 5.91 Å². The number of rotatable bonds is 2. The number of carbonyl (C=O) groups excluding carboxylic acids is 1. The fourth-order valence-corrected chi connectivity index (χ4v) is 1.96. The Labute approximate surface area is 94.7 Å². The van der Waals surface area contributed by atoms with Crippen LogP contribution in [0.3, 0.4) is 0 Å². The Balaban J connectivity index is 2.08. The maximum atomic E-state index is 12.0. The standard InChI is InChI=1S/C12H16N2O2/c13-12(9-15)6-7-14(8-12)11(16)10-4-2-1-3-5-10/h1-5,15H,6-9,13H2/t12-/m0/s1. The number of likely N-dealkylation sites (tertiary alicyclic amines) is 1. The van der Waals surface area contributed by atoms with E-state index in [0.29, 0.717) is 25.1 Å². The number of benzene rings is 1. The zero-order chi connectivity index (χ0) is 11.6. The van der Waals surface area contributed by atoms with Crippen molar-refractivity contribution in [3.63, 3.8) is 0 Å². The second-order valence-corrected chi connectivity index (χ2v) is 4.36. The monoisotopic (exact) mass is 220 g/mol. The summed E-state index contributed by atoms with van der Waals surface area (Å²) in [7, 11) is 0. The summed E-state index contributed by atoms with van der Waals surface area (Å²) >= 11 is 0. The minimum Gasteiger partial charge on any atom is -0.394 e. The molecule has 0 spiro atoms. The lowest BCUT2D eigenvalue weighted by Crippen LogP contribution is -2.46. The van der Waals surface area contributed by atoms with Crippen molar-refractivity contribution in [2.45, 2.75) is 12.0 Å². The number of amides is 1. The third-order valence-corrected chi connectivity index (χ3v) is 3.01. The topological polar surface area (TPSA) is 66.6 Å². The summed E-state index contributed by atoms with van der Waals surface area (Å²) in [5.74, 6) is -0.0126. The second kappa shape index (κ2) is 4.23. The van der Waals surface area contributed by atoms with Gasteiger partial charge in [-0.2, -0.15) is 0 Å². The summed E-state index contributed by atoms with van der Waals surface area (Å²) in [6, 6.07) is 9.13. The molecule has 0 bridgehead atoms. The SMILES string of the molecule is N[C@@]1(CO)CCN(C(=O)c2ccccc2)C1. The third-order valence-electron chi connectivity index (χ3n) is 3.01. The quantitative estimate of drug-likeness (QED) is 0.749. The van der Waals surface area contributed by atoms with E-state index >= 15 is 0 Å². The van der Waals surface area contributed by atoms with Gasteiger partial charge in [-0.15, -0.1) is 0 Å². The molecule has 1 aromatic rings. The highest BCUT2D eigenvalue weighted by Crippen LogP contribution is 2.20. The van der Waals surface area contributed by atoms with Gasteiger partial charge in [0.2, 0.25) is 0 Å². The predicted octanol–water partition coefficient (Wildman–Crippen LogP) is 0.222. The van der Waals surface area contributed by atoms with Crippen molar-refractivity contribution in [2.24, 2.45) is 5.73 Å². The first-order valence-corrected chi connectivity index (χ1v) is 5.39. The van der Waals surface area contributed by atoms with Crippen LogP contribution in [0.25, 0.3) is 0 Å². The van der Waals surface area contributed by atoms with Crippen molar-refractivity contribution in [1.29, 1.82) is 0 Å². The van der Waals surface area contributed by atoms with Crippen molar-refractivity contribution in [3.8, 4) is 0 Å². The maximum absolute atomic E-state index is 12.0. The van der Waals surface area contributed by atoms with Crippen molar-refractivity contribution in [2.75, 3.05) is 19.7 Å². The Morgan fingerprint density at radius 2 is 2.12 bits per heavy atom. The minimum atomic E-state index is -0.621. The van der Waals surface area contributed by atoms with E-state index in [1.54, 1.807) is 17.0 Å². The van der Waals surface area contributed by atoms with E-state index in [0.717, 1.165) is 0 Å². The summed E-state index contributed by atoms with van der Waals surface area (Å²) in [6.45, 7) is 0.966. The normalized spacial score (nSPS) is 24.8. The third kappa shape index (κ3) is 2.08. The van der Waals surface area contributed by atoms with Crippen LogP contribution in [0.2, 0.25) is 0 Å². The van der Waals surface area contributed by atoms with Gasteiger partial charge in [-0.25, -0.2) is 0 Å². The summed E-state index contributed by atoms with van der Waals surface area (Å²) in [5.41, 5.74) is 5.97. The number of nitrogens with zero attached hydrogens (tertiary/aromatic N) is 1. The van der Waals surface area contributed by atoms with Crippen molar-refractivity contribution in [1.82, 2.24) is 4.90 Å². The van der Waals surface area contributed by atoms with Crippen LogP contribution in [0, 0.1) is 0 Å². The first-order chi connectivity index (χ1) is 7.64. The largest absolute Gasteiger partial charge is 0.394 e. The zero-order valence-corrected chi connectivity index (χ0v) is 9.10. The van der Waals surface area contributed by atoms with E-state index in [-0.39, 0.29) is 12.5 Å². The van der Waals surface area contributed by atoms with E-state index in [4.69, 9.17) is 10.8 Å². The van der Waals surface area contributed by atoms with Gasteiger partial charge in [0.1, 0.15) is 0 Å².